The normalized spacial score (nSPS) is 15.4. The lowest BCUT2D eigenvalue weighted by Gasteiger charge is -2.26. The molecule has 1 saturated heterocycles. The molecule has 1 aromatic heterocycles. The van der Waals surface area contributed by atoms with E-state index in [1.165, 1.54) is 10.8 Å². The van der Waals surface area contributed by atoms with E-state index in [4.69, 9.17) is 15.2 Å². The Morgan fingerprint density at radius 2 is 1.88 bits per heavy atom. The monoisotopic (exact) mass is 345 g/mol. The van der Waals surface area contributed by atoms with Gasteiger partial charge in [0.25, 0.3) is 5.91 Å². The zero-order valence-electron chi connectivity index (χ0n) is 14.7. The largest absolute Gasteiger partial charge is 0.443 e. The highest BCUT2D eigenvalue weighted by Crippen LogP contribution is 2.26. The van der Waals surface area contributed by atoms with E-state index in [1.807, 2.05) is 0 Å². The Bertz CT molecular complexity index is 814. The molecule has 0 radical (unpaired) electrons. The van der Waals surface area contributed by atoms with Crippen LogP contribution < -0.4 is 5.73 Å². The van der Waals surface area contributed by atoms with Crippen molar-refractivity contribution in [2.75, 3.05) is 32.0 Å². The lowest BCUT2D eigenvalue weighted by atomic mass is 10.1. The molecule has 134 valence electrons. The summed E-state index contributed by atoms with van der Waals surface area (Å²) in [6, 6.07) is 5.16. The first-order chi connectivity index (χ1) is 11.8. The summed E-state index contributed by atoms with van der Waals surface area (Å²) in [6.45, 7) is 7.49. The van der Waals surface area contributed by atoms with Crippen molar-refractivity contribution in [2.45, 2.75) is 26.4 Å². The number of aromatic nitrogens is 1. The Kier molecular flexibility index (Phi) is 4.43. The van der Waals surface area contributed by atoms with E-state index in [9.17, 15) is 9.59 Å². The van der Waals surface area contributed by atoms with Gasteiger partial charge >= 0.3 is 6.09 Å². The van der Waals surface area contributed by atoms with Gasteiger partial charge in [-0.05, 0) is 39.0 Å². The Morgan fingerprint density at radius 3 is 2.52 bits per heavy atom. The van der Waals surface area contributed by atoms with Gasteiger partial charge < -0.3 is 20.1 Å². The fourth-order valence-electron chi connectivity index (χ4n) is 2.81. The minimum Gasteiger partial charge on any atom is -0.443 e. The Morgan fingerprint density at radius 1 is 1.20 bits per heavy atom. The third-order valence-corrected chi connectivity index (χ3v) is 3.95. The molecule has 2 N–H and O–H groups in total. The van der Waals surface area contributed by atoms with Gasteiger partial charge in [0.2, 0.25) is 0 Å². The van der Waals surface area contributed by atoms with Crippen LogP contribution in [0.3, 0.4) is 0 Å². The average molecular weight is 345 g/mol. The van der Waals surface area contributed by atoms with Crippen molar-refractivity contribution in [3.8, 4) is 0 Å². The molecule has 2 aromatic rings. The second kappa shape index (κ2) is 6.40. The van der Waals surface area contributed by atoms with Crippen LogP contribution in [0.4, 0.5) is 10.5 Å². The number of ether oxygens (including phenoxy) is 2. The quantitative estimate of drug-likeness (QED) is 0.803. The van der Waals surface area contributed by atoms with Crippen LogP contribution in [0.5, 0.6) is 0 Å². The topological polar surface area (TPSA) is 86.8 Å². The first-order valence-corrected chi connectivity index (χ1v) is 8.27. The summed E-state index contributed by atoms with van der Waals surface area (Å²) >= 11 is 0. The maximum Gasteiger partial charge on any atom is 0.419 e. The summed E-state index contributed by atoms with van der Waals surface area (Å²) in [5.41, 5.74) is 6.77. The predicted octanol–water partition coefficient (Wildman–Crippen LogP) is 2.48. The summed E-state index contributed by atoms with van der Waals surface area (Å²) in [5.74, 6) is -0.125. The Labute approximate surface area is 146 Å². The van der Waals surface area contributed by atoms with Crippen molar-refractivity contribution < 1.29 is 19.1 Å². The molecule has 1 fully saturated rings. The maximum atomic E-state index is 12.9. The van der Waals surface area contributed by atoms with E-state index in [0.29, 0.717) is 48.5 Å². The number of rotatable bonds is 1. The van der Waals surface area contributed by atoms with E-state index in [2.05, 4.69) is 0 Å². The SMILES string of the molecule is CC(C)(C)OC(=O)n1cc(C(=O)N2CCOCC2)c2ccc(N)cc21. The van der Waals surface area contributed by atoms with Crippen molar-refractivity contribution in [3.63, 3.8) is 0 Å². The van der Waals surface area contributed by atoms with Gasteiger partial charge in [0, 0.05) is 30.4 Å². The fraction of sp³-hybridized carbons (Fsp3) is 0.444. The number of benzene rings is 1. The van der Waals surface area contributed by atoms with Crippen LogP contribution in [0.25, 0.3) is 10.9 Å². The van der Waals surface area contributed by atoms with Gasteiger partial charge in [-0.2, -0.15) is 0 Å². The molecular weight excluding hydrogens is 322 g/mol. The molecule has 7 nitrogen and oxygen atoms in total. The number of nitrogen functional groups attached to an aromatic ring is 1. The molecule has 1 aromatic carbocycles. The number of hydrogen-bond donors (Lipinski definition) is 1. The number of amides is 1. The van der Waals surface area contributed by atoms with Crippen LogP contribution in [-0.2, 0) is 9.47 Å². The van der Waals surface area contributed by atoms with Crippen LogP contribution in [0.2, 0.25) is 0 Å². The van der Waals surface area contributed by atoms with Gasteiger partial charge in [-0.1, -0.05) is 0 Å². The van der Waals surface area contributed by atoms with Crippen LogP contribution >= 0.6 is 0 Å². The van der Waals surface area contributed by atoms with E-state index in [1.54, 1.807) is 43.9 Å². The molecular formula is C18H23N3O4. The predicted molar refractivity (Wildman–Crippen MR) is 94.7 cm³/mol. The van der Waals surface area contributed by atoms with E-state index in [-0.39, 0.29) is 5.91 Å². The first kappa shape index (κ1) is 17.3. The summed E-state index contributed by atoms with van der Waals surface area (Å²) < 4.78 is 12.1. The second-order valence-electron chi connectivity index (χ2n) is 7.07. The highest BCUT2D eigenvalue weighted by molar-refractivity contribution is 6.09. The third-order valence-electron chi connectivity index (χ3n) is 3.95. The van der Waals surface area contributed by atoms with Gasteiger partial charge in [0.1, 0.15) is 5.60 Å². The molecule has 1 amide bonds. The van der Waals surface area contributed by atoms with Gasteiger partial charge in [-0.3, -0.25) is 9.36 Å². The van der Waals surface area contributed by atoms with E-state index >= 15 is 0 Å². The molecule has 0 aliphatic carbocycles. The fourth-order valence-corrected chi connectivity index (χ4v) is 2.81. The average Bonchev–Trinajstić information content (AvgIpc) is 2.92. The van der Waals surface area contributed by atoms with Crippen LogP contribution in [0.1, 0.15) is 31.1 Å². The highest BCUT2D eigenvalue weighted by atomic mass is 16.6. The number of nitrogens with two attached hydrogens (primary N) is 1. The zero-order valence-corrected chi connectivity index (χ0v) is 14.7. The zero-order chi connectivity index (χ0) is 18.2. The second-order valence-corrected chi connectivity index (χ2v) is 7.07. The molecule has 3 rings (SSSR count). The third kappa shape index (κ3) is 3.61. The number of anilines is 1. The number of hydrogen-bond acceptors (Lipinski definition) is 5. The molecule has 7 heteroatoms. The summed E-state index contributed by atoms with van der Waals surface area (Å²) in [5, 5.41) is 0.677. The van der Waals surface area contributed by atoms with Crippen molar-refractivity contribution >= 4 is 28.6 Å². The van der Waals surface area contributed by atoms with Gasteiger partial charge in [-0.25, -0.2) is 4.79 Å². The lowest BCUT2D eigenvalue weighted by molar-refractivity contribution is 0.0304. The molecule has 25 heavy (non-hydrogen) atoms. The Balaban J connectivity index is 2.04. The van der Waals surface area contributed by atoms with Crippen LogP contribution in [0.15, 0.2) is 24.4 Å². The number of nitrogens with zero attached hydrogens (tertiary/aromatic N) is 2. The Hall–Kier alpha value is -2.54. The van der Waals surface area contributed by atoms with Crippen molar-refractivity contribution in [1.29, 1.82) is 0 Å². The van der Waals surface area contributed by atoms with Crippen LogP contribution in [0, 0.1) is 0 Å². The van der Waals surface area contributed by atoms with Crippen molar-refractivity contribution in [2.24, 2.45) is 0 Å². The molecule has 0 atom stereocenters. The molecule has 2 heterocycles. The van der Waals surface area contributed by atoms with Crippen molar-refractivity contribution in [3.05, 3.63) is 30.0 Å². The van der Waals surface area contributed by atoms with E-state index < -0.39 is 11.7 Å². The summed E-state index contributed by atoms with van der Waals surface area (Å²) in [4.78, 5) is 27.2. The van der Waals surface area contributed by atoms with Gasteiger partial charge in [0.15, 0.2) is 0 Å². The lowest BCUT2D eigenvalue weighted by Crippen LogP contribution is -2.40. The number of fused-ring (bicyclic) bond motifs is 1. The molecule has 0 saturated carbocycles. The van der Waals surface area contributed by atoms with Gasteiger partial charge in [-0.15, -0.1) is 0 Å². The summed E-state index contributed by atoms with van der Waals surface area (Å²) in [7, 11) is 0. The molecule has 0 spiro atoms. The highest BCUT2D eigenvalue weighted by Gasteiger charge is 2.26. The standard InChI is InChI=1S/C18H23N3O4/c1-18(2,3)25-17(23)21-11-14(13-5-4-12(19)10-15(13)21)16(22)20-6-8-24-9-7-20/h4-5,10-11H,6-9,19H2,1-3H3. The molecule has 1 aliphatic rings. The smallest absolute Gasteiger partial charge is 0.419 e. The number of carbonyl (C=O) groups excluding carboxylic acids is 2. The molecule has 0 unspecified atom stereocenters. The minimum atomic E-state index is -0.637. The summed E-state index contributed by atoms with van der Waals surface area (Å²) in [6.07, 6.45) is 1.000. The van der Waals surface area contributed by atoms with Crippen molar-refractivity contribution in [1.82, 2.24) is 9.47 Å². The van der Waals surface area contributed by atoms with Gasteiger partial charge in [0.05, 0.1) is 24.3 Å². The molecule has 1 aliphatic heterocycles. The molecule has 0 bridgehead atoms. The number of carbonyl (C=O) groups is 2. The maximum absolute atomic E-state index is 12.9. The first-order valence-electron chi connectivity index (χ1n) is 8.27. The van der Waals surface area contributed by atoms with Crippen LogP contribution in [-0.4, -0.2) is 53.4 Å². The number of morpholine rings is 1. The van der Waals surface area contributed by atoms with E-state index in [0.717, 1.165) is 0 Å². The minimum absolute atomic E-state index is 0.125.